The molecule has 0 aliphatic carbocycles. The zero-order valence-electron chi connectivity index (χ0n) is 9.12. The van der Waals surface area contributed by atoms with E-state index in [1.54, 1.807) is 12.0 Å². The predicted molar refractivity (Wildman–Crippen MR) is 52.9 cm³/mol. The second kappa shape index (κ2) is 4.28. The lowest BCUT2D eigenvalue weighted by Crippen LogP contribution is -2.52. The normalized spacial score (nSPS) is 18.1. The molecular weight excluding hydrogens is 182 g/mol. The number of amides is 1. The third-order valence-electron chi connectivity index (χ3n) is 2.70. The predicted octanol–water partition coefficient (Wildman–Crippen LogP) is 0.252. The fourth-order valence-corrected chi connectivity index (χ4v) is 1.44. The highest BCUT2D eigenvalue weighted by Crippen LogP contribution is 2.20. The Kier molecular flexibility index (Phi) is 3.50. The highest BCUT2D eigenvalue weighted by Gasteiger charge is 2.32. The summed E-state index contributed by atoms with van der Waals surface area (Å²) in [5.41, 5.74) is -0.388. The lowest BCUT2D eigenvalue weighted by Gasteiger charge is -2.39. The van der Waals surface area contributed by atoms with Crippen LogP contribution in [0.25, 0.3) is 0 Å². The molecule has 1 amide bonds. The van der Waals surface area contributed by atoms with Crippen LogP contribution in [0.3, 0.4) is 0 Å². The van der Waals surface area contributed by atoms with E-state index < -0.39 is 0 Å². The van der Waals surface area contributed by atoms with Gasteiger partial charge in [-0.3, -0.25) is 4.79 Å². The molecule has 0 atom stereocenters. The Hall–Kier alpha value is -0.610. The van der Waals surface area contributed by atoms with Crippen LogP contribution in [0, 0.1) is 5.92 Å². The Balaban J connectivity index is 2.31. The van der Waals surface area contributed by atoms with Gasteiger partial charge in [0.15, 0.2) is 0 Å². The first-order valence-electron chi connectivity index (χ1n) is 4.92. The van der Waals surface area contributed by atoms with Gasteiger partial charge in [-0.25, -0.2) is 0 Å². The van der Waals surface area contributed by atoms with Crippen LogP contribution in [0.2, 0.25) is 0 Å². The first-order chi connectivity index (χ1) is 6.48. The number of nitrogens with zero attached hydrogens (tertiary/aromatic N) is 1. The summed E-state index contributed by atoms with van der Waals surface area (Å²) in [4.78, 5) is 13.4. The summed E-state index contributed by atoms with van der Waals surface area (Å²) >= 11 is 0. The summed E-state index contributed by atoms with van der Waals surface area (Å²) in [6, 6.07) is 0. The molecule has 1 rings (SSSR count). The van der Waals surface area contributed by atoms with Gasteiger partial charge in [0.05, 0.1) is 12.0 Å². The molecule has 0 aromatic rings. The minimum atomic E-state index is -0.388. The molecule has 1 aliphatic rings. The molecule has 0 aromatic heterocycles. The van der Waals surface area contributed by atoms with E-state index in [1.165, 1.54) is 0 Å². The molecule has 0 bridgehead atoms. The molecule has 4 nitrogen and oxygen atoms in total. The Bertz CT molecular complexity index is 209. The summed E-state index contributed by atoms with van der Waals surface area (Å²) in [5.74, 6) is 0.395. The number of rotatable bonds is 4. The van der Waals surface area contributed by atoms with Crippen molar-refractivity contribution in [2.24, 2.45) is 5.92 Å². The molecule has 0 saturated carbocycles. The molecule has 0 aromatic carbocycles. The van der Waals surface area contributed by atoms with Gasteiger partial charge in [0.1, 0.15) is 0 Å². The summed E-state index contributed by atoms with van der Waals surface area (Å²) in [6.45, 7) is 5.35. The number of aliphatic hydroxyl groups excluding tert-OH is 1. The number of likely N-dealkylation sites (tertiary alicyclic amines) is 1. The fraction of sp³-hybridized carbons (Fsp3) is 0.900. The van der Waals surface area contributed by atoms with E-state index in [0.29, 0.717) is 19.5 Å². The Morgan fingerprint density at radius 3 is 2.57 bits per heavy atom. The average molecular weight is 201 g/mol. The second-order valence-corrected chi connectivity index (χ2v) is 4.49. The first-order valence-corrected chi connectivity index (χ1v) is 4.92. The molecular formula is C10H19NO3. The van der Waals surface area contributed by atoms with Gasteiger partial charge >= 0.3 is 0 Å². The quantitative estimate of drug-likeness (QED) is 0.709. The van der Waals surface area contributed by atoms with Gasteiger partial charge < -0.3 is 14.7 Å². The van der Waals surface area contributed by atoms with Gasteiger partial charge in [0, 0.05) is 32.7 Å². The first kappa shape index (κ1) is 11.5. The van der Waals surface area contributed by atoms with Gasteiger partial charge in [-0.15, -0.1) is 0 Å². The van der Waals surface area contributed by atoms with Gasteiger partial charge in [-0.05, 0) is 13.8 Å². The number of carbonyl (C=O) groups is 1. The molecule has 0 radical (unpaired) electrons. The minimum absolute atomic E-state index is 0.113. The zero-order chi connectivity index (χ0) is 10.8. The molecule has 0 unspecified atom stereocenters. The van der Waals surface area contributed by atoms with Gasteiger partial charge in [-0.1, -0.05) is 0 Å². The van der Waals surface area contributed by atoms with E-state index in [9.17, 15) is 4.79 Å². The third kappa shape index (κ3) is 2.69. The molecule has 82 valence electrons. The van der Waals surface area contributed by atoms with Crippen molar-refractivity contribution in [3.05, 3.63) is 0 Å². The molecule has 1 heterocycles. The maximum atomic E-state index is 11.6. The number of hydrogen-bond acceptors (Lipinski definition) is 3. The number of hydrogen-bond donors (Lipinski definition) is 1. The Morgan fingerprint density at radius 2 is 2.14 bits per heavy atom. The van der Waals surface area contributed by atoms with Crippen LogP contribution in [-0.4, -0.2) is 48.3 Å². The van der Waals surface area contributed by atoms with E-state index in [2.05, 4.69) is 0 Å². The largest absolute Gasteiger partial charge is 0.396 e. The summed E-state index contributed by atoms with van der Waals surface area (Å²) in [5, 5.41) is 8.80. The summed E-state index contributed by atoms with van der Waals surface area (Å²) < 4.78 is 5.18. The van der Waals surface area contributed by atoms with E-state index in [4.69, 9.17) is 9.84 Å². The molecule has 14 heavy (non-hydrogen) atoms. The fourth-order valence-electron chi connectivity index (χ4n) is 1.44. The van der Waals surface area contributed by atoms with Crippen molar-refractivity contribution in [2.45, 2.75) is 25.9 Å². The van der Waals surface area contributed by atoms with Crippen LogP contribution in [0.4, 0.5) is 0 Å². The second-order valence-electron chi connectivity index (χ2n) is 4.49. The number of ether oxygens (including phenoxy) is 1. The smallest absolute Gasteiger partial charge is 0.225 e. The van der Waals surface area contributed by atoms with E-state index in [-0.39, 0.29) is 24.0 Å². The van der Waals surface area contributed by atoms with Gasteiger partial charge in [0.2, 0.25) is 5.91 Å². The Labute approximate surface area is 84.8 Å². The molecule has 1 saturated heterocycles. The van der Waals surface area contributed by atoms with Crippen LogP contribution < -0.4 is 0 Å². The van der Waals surface area contributed by atoms with Crippen molar-refractivity contribution in [3.63, 3.8) is 0 Å². The van der Waals surface area contributed by atoms with Crippen molar-refractivity contribution in [3.8, 4) is 0 Å². The molecule has 4 heteroatoms. The zero-order valence-corrected chi connectivity index (χ0v) is 9.12. The van der Waals surface area contributed by atoms with Crippen LogP contribution >= 0.6 is 0 Å². The van der Waals surface area contributed by atoms with E-state index in [0.717, 1.165) is 0 Å². The maximum Gasteiger partial charge on any atom is 0.225 e. The van der Waals surface area contributed by atoms with Crippen molar-refractivity contribution in [1.82, 2.24) is 4.90 Å². The molecule has 0 spiro atoms. The lowest BCUT2D eigenvalue weighted by molar-refractivity contribution is -0.143. The van der Waals surface area contributed by atoms with E-state index >= 15 is 0 Å². The summed E-state index contributed by atoms with van der Waals surface area (Å²) in [7, 11) is 1.61. The van der Waals surface area contributed by atoms with Crippen LogP contribution in [0.1, 0.15) is 20.3 Å². The number of carbonyl (C=O) groups excluding carboxylic acids is 1. The minimum Gasteiger partial charge on any atom is -0.396 e. The average Bonchev–Trinajstić information content (AvgIpc) is 2.01. The summed E-state index contributed by atoms with van der Waals surface area (Å²) in [6.07, 6.45) is 0.404. The lowest BCUT2D eigenvalue weighted by atomic mass is 9.98. The molecule has 1 fully saturated rings. The monoisotopic (exact) mass is 201 g/mol. The molecule has 1 N–H and O–H groups in total. The number of methoxy groups -OCH3 is 1. The van der Waals surface area contributed by atoms with E-state index in [1.807, 2.05) is 13.8 Å². The standard InChI is InChI=1S/C10H19NO3/c1-10(2,14-3)4-9(13)11-5-8(6-11)7-12/h8,12H,4-7H2,1-3H3. The van der Waals surface area contributed by atoms with Crippen LogP contribution in [0.5, 0.6) is 0 Å². The molecule has 1 aliphatic heterocycles. The SMILES string of the molecule is COC(C)(C)CC(=O)N1CC(CO)C1. The van der Waals surface area contributed by atoms with Crippen LogP contribution in [0.15, 0.2) is 0 Å². The third-order valence-corrected chi connectivity index (χ3v) is 2.70. The highest BCUT2D eigenvalue weighted by molar-refractivity contribution is 5.78. The van der Waals surface area contributed by atoms with Crippen molar-refractivity contribution >= 4 is 5.91 Å². The maximum absolute atomic E-state index is 11.6. The van der Waals surface area contributed by atoms with Crippen LogP contribution in [-0.2, 0) is 9.53 Å². The Morgan fingerprint density at radius 1 is 1.57 bits per heavy atom. The van der Waals surface area contributed by atoms with Gasteiger partial charge in [0.25, 0.3) is 0 Å². The number of aliphatic hydroxyl groups is 1. The van der Waals surface area contributed by atoms with Crippen molar-refractivity contribution < 1.29 is 14.6 Å². The van der Waals surface area contributed by atoms with Crippen molar-refractivity contribution in [1.29, 1.82) is 0 Å². The highest BCUT2D eigenvalue weighted by atomic mass is 16.5. The van der Waals surface area contributed by atoms with Crippen molar-refractivity contribution in [2.75, 3.05) is 26.8 Å². The van der Waals surface area contributed by atoms with Gasteiger partial charge in [-0.2, -0.15) is 0 Å². The topological polar surface area (TPSA) is 49.8 Å².